The van der Waals surface area contributed by atoms with E-state index in [-0.39, 0.29) is 12.5 Å². The Balaban J connectivity index is 2.24. The zero-order valence-electron chi connectivity index (χ0n) is 9.29. The maximum atomic E-state index is 10.8. The summed E-state index contributed by atoms with van der Waals surface area (Å²) in [6.07, 6.45) is 0.283. The van der Waals surface area contributed by atoms with Crippen molar-refractivity contribution < 1.29 is 9.90 Å². The lowest BCUT2D eigenvalue weighted by Gasteiger charge is -2.01. The van der Waals surface area contributed by atoms with Gasteiger partial charge in [0.15, 0.2) is 0 Å². The second-order valence-corrected chi connectivity index (χ2v) is 5.84. The van der Waals surface area contributed by atoms with E-state index in [4.69, 9.17) is 16.1 Å². The number of hydrogen-bond acceptors (Lipinski definition) is 5. The molecule has 0 saturated carbocycles. The van der Waals surface area contributed by atoms with Gasteiger partial charge in [-0.25, -0.2) is 4.79 Å². The predicted octanol–water partition coefficient (Wildman–Crippen LogP) is 3.09. The van der Waals surface area contributed by atoms with Gasteiger partial charge in [-0.05, 0) is 24.3 Å². The predicted molar refractivity (Wildman–Crippen MR) is 71.7 cm³/mol. The number of carbonyl (C=O) groups is 1. The van der Waals surface area contributed by atoms with Gasteiger partial charge < -0.3 is 10.8 Å². The third-order valence-electron chi connectivity index (χ3n) is 2.36. The zero-order valence-corrected chi connectivity index (χ0v) is 10.9. The van der Waals surface area contributed by atoms with E-state index in [1.165, 1.54) is 22.7 Å². The van der Waals surface area contributed by atoms with Crippen LogP contribution in [0.2, 0.25) is 0 Å². The van der Waals surface area contributed by atoms with E-state index in [0.29, 0.717) is 4.88 Å². The van der Waals surface area contributed by atoms with Crippen LogP contribution in [-0.2, 0) is 0 Å². The molecule has 2 aromatic rings. The molecule has 0 spiro atoms. The van der Waals surface area contributed by atoms with Crippen LogP contribution >= 0.6 is 22.7 Å². The minimum absolute atomic E-state index is 0.271. The number of nitrogens with two attached hydrogens (primary N) is 1. The summed E-state index contributed by atoms with van der Waals surface area (Å²) in [6.45, 7) is 0. The van der Waals surface area contributed by atoms with Gasteiger partial charge in [0, 0.05) is 14.6 Å². The summed E-state index contributed by atoms with van der Waals surface area (Å²) in [5, 5.41) is 17.5. The maximum absolute atomic E-state index is 10.8. The number of rotatable bonds is 4. The molecule has 0 radical (unpaired) electrons. The summed E-state index contributed by atoms with van der Waals surface area (Å²) >= 11 is 2.74. The highest BCUT2D eigenvalue weighted by Gasteiger charge is 2.13. The average Bonchev–Trinajstić information content (AvgIpc) is 2.98. The Labute approximate surface area is 112 Å². The molecule has 4 nitrogen and oxygen atoms in total. The number of nitriles is 1. The van der Waals surface area contributed by atoms with Crippen LogP contribution in [0.25, 0.3) is 9.75 Å². The van der Waals surface area contributed by atoms with E-state index in [2.05, 4.69) is 0 Å². The van der Waals surface area contributed by atoms with Crippen molar-refractivity contribution in [2.45, 2.75) is 12.5 Å². The van der Waals surface area contributed by atoms with Crippen molar-refractivity contribution in [3.63, 3.8) is 0 Å². The molecule has 6 heteroatoms. The van der Waals surface area contributed by atoms with Crippen LogP contribution in [-0.4, -0.2) is 11.1 Å². The minimum Gasteiger partial charge on any atom is -0.477 e. The van der Waals surface area contributed by atoms with Gasteiger partial charge in [0.25, 0.3) is 0 Å². The highest BCUT2D eigenvalue weighted by molar-refractivity contribution is 7.23. The molecule has 18 heavy (non-hydrogen) atoms. The average molecular weight is 278 g/mol. The highest BCUT2D eigenvalue weighted by Crippen LogP contribution is 2.35. The molecule has 0 aliphatic heterocycles. The molecule has 92 valence electrons. The Hall–Kier alpha value is -1.68. The second-order valence-electron chi connectivity index (χ2n) is 3.64. The fourth-order valence-electron chi connectivity index (χ4n) is 1.47. The van der Waals surface area contributed by atoms with E-state index in [1.54, 1.807) is 12.1 Å². The van der Waals surface area contributed by atoms with Gasteiger partial charge in [0.1, 0.15) is 4.88 Å². The van der Waals surface area contributed by atoms with Crippen molar-refractivity contribution in [1.29, 1.82) is 5.26 Å². The molecule has 2 rings (SSSR count). The van der Waals surface area contributed by atoms with Gasteiger partial charge in [-0.3, -0.25) is 0 Å². The molecule has 0 amide bonds. The first kappa shape index (κ1) is 12.8. The third kappa shape index (κ3) is 2.59. The minimum atomic E-state index is -0.913. The summed E-state index contributed by atoms with van der Waals surface area (Å²) < 4.78 is 0. The Morgan fingerprint density at radius 2 is 2.00 bits per heavy atom. The molecule has 0 aliphatic rings. The van der Waals surface area contributed by atoms with Gasteiger partial charge in [-0.2, -0.15) is 5.26 Å². The van der Waals surface area contributed by atoms with Crippen LogP contribution in [0, 0.1) is 11.3 Å². The van der Waals surface area contributed by atoms with E-state index < -0.39 is 5.97 Å². The molecule has 2 aromatic heterocycles. The number of carboxylic acids is 1. The van der Waals surface area contributed by atoms with Gasteiger partial charge in [0.05, 0.1) is 18.5 Å². The van der Waals surface area contributed by atoms with Gasteiger partial charge in [0.2, 0.25) is 0 Å². The second kappa shape index (κ2) is 5.31. The van der Waals surface area contributed by atoms with Crippen molar-refractivity contribution >= 4 is 28.6 Å². The summed E-state index contributed by atoms with van der Waals surface area (Å²) in [7, 11) is 0. The largest absolute Gasteiger partial charge is 0.477 e. The highest BCUT2D eigenvalue weighted by atomic mass is 32.1. The van der Waals surface area contributed by atoms with Gasteiger partial charge >= 0.3 is 5.97 Å². The molecule has 0 saturated heterocycles. The fraction of sp³-hybridized carbons (Fsp3) is 0.167. The molecule has 0 aliphatic carbocycles. The normalized spacial score (nSPS) is 12.0. The fourth-order valence-corrected chi connectivity index (χ4v) is 3.41. The van der Waals surface area contributed by atoms with Crippen LogP contribution < -0.4 is 5.73 Å². The van der Waals surface area contributed by atoms with Crippen LogP contribution in [0.4, 0.5) is 0 Å². The first-order chi connectivity index (χ1) is 8.61. The standard InChI is InChI=1S/C12H10N2O2S2/c13-6-5-7(14)8-1-2-9(17-8)10-3-4-11(18-10)12(15)16/h1-4,7H,5,14H2,(H,15,16)/t7-/m0/s1. The summed E-state index contributed by atoms with van der Waals surface area (Å²) in [4.78, 5) is 14.0. The maximum Gasteiger partial charge on any atom is 0.345 e. The number of nitrogens with zero attached hydrogens (tertiary/aromatic N) is 1. The van der Waals surface area contributed by atoms with Gasteiger partial charge in [-0.15, -0.1) is 22.7 Å². The topological polar surface area (TPSA) is 87.1 Å². The lowest BCUT2D eigenvalue weighted by Crippen LogP contribution is -2.06. The molecule has 3 N–H and O–H groups in total. The Morgan fingerprint density at radius 3 is 2.61 bits per heavy atom. The monoisotopic (exact) mass is 278 g/mol. The van der Waals surface area contributed by atoms with Crippen LogP contribution in [0.15, 0.2) is 24.3 Å². The third-order valence-corrected chi connectivity index (χ3v) is 4.85. The molecule has 1 atom stereocenters. The Kier molecular flexibility index (Phi) is 3.77. The van der Waals surface area contributed by atoms with Crippen molar-refractivity contribution in [3.8, 4) is 15.8 Å². The Bertz CT molecular complexity index is 610. The summed E-state index contributed by atoms with van der Waals surface area (Å²) in [6, 6.07) is 8.96. The van der Waals surface area contributed by atoms with Crippen molar-refractivity contribution in [1.82, 2.24) is 0 Å². The number of thiophene rings is 2. The molecule has 0 bridgehead atoms. The summed E-state index contributed by atoms with van der Waals surface area (Å²) in [5.74, 6) is -0.913. The zero-order chi connectivity index (χ0) is 13.1. The van der Waals surface area contributed by atoms with E-state index in [0.717, 1.165) is 14.6 Å². The quantitative estimate of drug-likeness (QED) is 0.899. The van der Waals surface area contributed by atoms with Gasteiger partial charge in [-0.1, -0.05) is 0 Å². The lowest BCUT2D eigenvalue weighted by molar-refractivity contribution is 0.0702. The van der Waals surface area contributed by atoms with E-state index >= 15 is 0 Å². The molecule has 0 unspecified atom stereocenters. The molecule has 2 heterocycles. The number of aromatic carboxylic acids is 1. The smallest absolute Gasteiger partial charge is 0.345 e. The van der Waals surface area contributed by atoms with Crippen LogP contribution in [0.3, 0.4) is 0 Å². The molecule has 0 fully saturated rings. The van der Waals surface area contributed by atoms with E-state index in [9.17, 15) is 4.79 Å². The lowest BCUT2D eigenvalue weighted by atomic mass is 10.2. The SMILES string of the molecule is N#CC[C@H](N)c1ccc(-c2ccc(C(=O)O)s2)s1. The molecule has 0 aromatic carbocycles. The first-order valence-electron chi connectivity index (χ1n) is 5.17. The number of hydrogen-bond donors (Lipinski definition) is 2. The van der Waals surface area contributed by atoms with E-state index in [1.807, 2.05) is 18.2 Å². The Morgan fingerprint density at radius 1 is 1.33 bits per heavy atom. The van der Waals surface area contributed by atoms with Crippen molar-refractivity contribution in [2.24, 2.45) is 5.73 Å². The first-order valence-corrected chi connectivity index (χ1v) is 6.81. The van der Waals surface area contributed by atoms with Crippen LogP contribution in [0.5, 0.6) is 0 Å². The van der Waals surface area contributed by atoms with Crippen molar-refractivity contribution in [3.05, 3.63) is 34.0 Å². The molecular formula is C12H10N2O2S2. The van der Waals surface area contributed by atoms with Crippen LogP contribution in [0.1, 0.15) is 27.0 Å². The molecular weight excluding hydrogens is 268 g/mol. The van der Waals surface area contributed by atoms with Crippen molar-refractivity contribution in [2.75, 3.05) is 0 Å². The summed E-state index contributed by atoms with van der Waals surface area (Å²) in [5.41, 5.74) is 5.85. The number of carboxylic acid groups (broad SMARTS) is 1.